The Balaban J connectivity index is 2.97. The van der Waals surface area contributed by atoms with Crippen LogP contribution in [-0.2, 0) is 0 Å². The predicted molar refractivity (Wildman–Crippen MR) is 61.8 cm³/mol. The second kappa shape index (κ2) is 5.75. The van der Waals surface area contributed by atoms with Gasteiger partial charge >= 0.3 is 0 Å². The third-order valence-corrected chi connectivity index (χ3v) is 2.36. The highest BCUT2D eigenvalue weighted by Crippen LogP contribution is 2.26. The number of hydrogen-bond acceptors (Lipinski definition) is 4. The zero-order valence-corrected chi connectivity index (χ0v) is 9.80. The van der Waals surface area contributed by atoms with Crippen LogP contribution in [0.15, 0.2) is 18.2 Å². The number of methoxy groups -OCH3 is 1. The van der Waals surface area contributed by atoms with Gasteiger partial charge in [0, 0.05) is 12.1 Å². The third kappa shape index (κ3) is 2.88. The van der Waals surface area contributed by atoms with Crippen molar-refractivity contribution in [3.8, 4) is 17.6 Å². The van der Waals surface area contributed by atoms with Crippen LogP contribution in [-0.4, -0.2) is 36.1 Å². The molecule has 1 rings (SSSR count). The van der Waals surface area contributed by atoms with E-state index in [4.69, 9.17) is 10.00 Å². The van der Waals surface area contributed by atoms with E-state index in [-0.39, 0.29) is 18.2 Å². The van der Waals surface area contributed by atoms with Crippen molar-refractivity contribution in [3.63, 3.8) is 0 Å². The minimum absolute atomic E-state index is 0.0299. The van der Waals surface area contributed by atoms with Crippen molar-refractivity contribution >= 4 is 5.91 Å². The molecule has 0 aliphatic heterocycles. The Labute approximate surface area is 99.8 Å². The molecule has 0 atom stereocenters. The van der Waals surface area contributed by atoms with Crippen molar-refractivity contribution < 1.29 is 14.6 Å². The van der Waals surface area contributed by atoms with Crippen molar-refractivity contribution in [2.75, 3.05) is 20.2 Å². The summed E-state index contributed by atoms with van der Waals surface area (Å²) in [6.45, 7) is 2.26. The summed E-state index contributed by atoms with van der Waals surface area (Å²) >= 11 is 0. The summed E-state index contributed by atoms with van der Waals surface area (Å²) in [5.41, 5.74) is 0.334. The summed E-state index contributed by atoms with van der Waals surface area (Å²) in [4.78, 5) is 13.3. The van der Waals surface area contributed by atoms with Crippen molar-refractivity contribution in [1.82, 2.24) is 4.90 Å². The minimum Gasteiger partial charge on any atom is -0.504 e. The van der Waals surface area contributed by atoms with Crippen molar-refractivity contribution in [1.29, 1.82) is 5.26 Å². The molecule has 0 aliphatic rings. The molecule has 5 heteroatoms. The predicted octanol–water partition coefficient (Wildman–Crippen LogP) is 1.39. The van der Waals surface area contributed by atoms with Gasteiger partial charge in [0.15, 0.2) is 11.5 Å². The van der Waals surface area contributed by atoms with Gasteiger partial charge in [-0.05, 0) is 25.1 Å². The molecule has 0 spiro atoms. The highest BCUT2D eigenvalue weighted by molar-refractivity contribution is 5.95. The van der Waals surface area contributed by atoms with Crippen LogP contribution >= 0.6 is 0 Å². The highest BCUT2D eigenvalue weighted by atomic mass is 16.5. The summed E-state index contributed by atoms with van der Waals surface area (Å²) in [5.74, 6) is -0.0664. The van der Waals surface area contributed by atoms with Gasteiger partial charge < -0.3 is 14.7 Å². The van der Waals surface area contributed by atoms with Crippen molar-refractivity contribution in [3.05, 3.63) is 23.8 Å². The molecule has 0 saturated carbocycles. The maximum Gasteiger partial charge on any atom is 0.254 e. The van der Waals surface area contributed by atoms with E-state index in [1.807, 2.05) is 6.07 Å². The Morgan fingerprint density at radius 2 is 2.29 bits per heavy atom. The van der Waals surface area contributed by atoms with Gasteiger partial charge in [-0.15, -0.1) is 0 Å². The molecule has 0 heterocycles. The zero-order valence-electron chi connectivity index (χ0n) is 9.80. The maximum absolute atomic E-state index is 11.9. The number of carbonyl (C=O) groups excluding carboxylic acids is 1. The number of ether oxygens (including phenoxy) is 1. The fraction of sp³-hybridized carbons (Fsp3) is 0.333. The lowest BCUT2D eigenvalue weighted by Crippen LogP contribution is -2.31. The van der Waals surface area contributed by atoms with Crippen LogP contribution in [0.4, 0.5) is 0 Å². The molecule has 5 nitrogen and oxygen atoms in total. The second-order valence-corrected chi connectivity index (χ2v) is 3.36. The van der Waals surface area contributed by atoms with Gasteiger partial charge in [0.05, 0.1) is 13.2 Å². The van der Waals surface area contributed by atoms with Gasteiger partial charge in [-0.2, -0.15) is 5.26 Å². The highest BCUT2D eigenvalue weighted by Gasteiger charge is 2.15. The Kier molecular flexibility index (Phi) is 4.35. The molecule has 0 radical (unpaired) electrons. The fourth-order valence-corrected chi connectivity index (χ4v) is 1.42. The number of rotatable bonds is 4. The molecule has 0 aliphatic carbocycles. The molecule has 0 bridgehead atoms. The number of nitriles is 1. The molecule has 1 amide bonds. The van der Waals surface area contributed by atoms with Crippen LogP contribution in [0.25, 0.3) is 0 Å². The zero-order chi connectivity index (χ0) is 12.8. The molecule has 90 valence electrons. The van der Waals surface area contributed by atoms with E-state index in [1.165, 1.54) is 24.1 Å². The summed E-state index contributed by atoms with van der Waals surface area (Å²) in [6.07, 6.45) is 0. The Morgan fingerprint density at radius 3 is 2.76 bits per heavy atom. The normalized spacial score (nSPS) is 9.47. The first-order valence-electron chi connectivity index (χ1n) is 5.17. The van der Waals surface area contributed by atoms with E-state index in [9.17, 15) is 9.90 Å². The summed E-state index contributed by atoms with van der Waals surface area (Å²) in [6, 6.07) is 6.33. The Bertz CT molecular complexity index is 452. The smallest absolute Gasteiger partial charge is 0.254 e. The van der Waals surface area contributed by atoms with E-state index in [0.29, 0.717) is 17.9 Å². The van der Waals surface area contributed by atoms with Gasteiger partial charge in [-0.25, -0.2) is 0 Å². The van der Waals surface area contributed by atoms with E-state index in [1.54, 1.807) is 13.0 Å². The number of phenols is 1. The van der Waals surface area contributed by atoms with Crippen LogP contribution in [0, 0.1) is 11.3 Å². The van der Waals surface area contributed by atoms with Crippen LogP contribution in [0.3, 0.4) is 0 Å². The summed E-state index contributed by atoms with van der Waals surface area (Å²) in [7, 11) is 1.44. The van der Waals surface area contributed by atoms with E-state index in [2.05, 4.69) is 0 Å². The third-order valence-electron chi connectivity index (χ3n) is 2.36. The SMILES string of the molecule is CCN(CC#N)C(=O)c1ccc(OC)c(O)c1. The van der Waals surface area contributed by atoms with E-state index < -0.39 is 0 Å². The summed E-state index contributed by atoms with van der Waals surface area (Å²) in [5, 5.41) is 18.2. The number of benzene rings is 1. The number of phenolic OH excluding ortho intramolecular Hbond substituents is 1. The van der Waals surface area contributed by atoms with Crippen LogP contribution in [0.1, 0.15) is 17.3 Å². The standard InChI is InChI=1S/C12H14N2O3/c1-3-14(7-6-13)12(16)9-4-5-11(17-2)10(15)8-9/h4-5,8,15H,3,7H2,1-2H3. The lowest BCUT2D eigenvalue weighted by atomic mass is 10.1. The number of amides is 1. The van der Waals surface area contributed by atoms with Gasteiger partial charge in [0.2, 0.25) is 0 Å². The number of nitrogens with zero attached hydrogens (tertiary/aromatic N) is 2. The van der Waals surface area contributed by atoms with Gasteiger partial charge in [-0.1, -0.05) is 0 Å². The molecule has 0 aromatic heterocycles. The largest absolute Gasteiger partial charge is 0.504 e. The van der Waals surface area contributed by atoms with Crippen molar-refractivity contribution in [2.24, 2.45) is 0 Å². The molecule has 1 aromatic carbocycles. The van der Waals surface area contributed by atoms with E-state index in [0.717, 1.165) is 0 Å². The molecule has 0 unspecified atom stereocenters. The average Bonchev–Trinajstić information content (AvgIpc) is 2.35. The van der Waals surface area contributed by atoms with Crippen LogP contribution in [0.5, 0.6) is 11.5 Å². The first-order valence-corrected chi connectivity index (χ1v) is 5.17. The molecule has 17 heavy (non-hydrogen) atoms. The van der Waals surface area contributed by atoms with Gasteiger partial charge in [0.25, 0.3) is 5.91 Å². The maximum atomic E-state index is 11.9. The van der Waals surface area contributed by atoms with Crippen LogP contribution < -0.4 is 4.74 Å². The lowest BCUT2D eigenvalue weighted by Gasteiger charge is -2.17. The second-order valence-electron chi connectivity index (χ2n) is 3.36. The van der Waals surface area contributed by atoms with Gasteiger partial charge in [-0.3, -0.25) is 4.79 Å². The number of aromatic hydroxyl groups is 1. The molecular formula is C12H14N2O3. The minimum atomic E-state index is -0.285. The fourth-order valence-electron chi connectivity index (χ4n) is 1.42. The molecule has 1 N–H and O–H groups in total. The number of hydrogen-bond donors (Lipinski definition) is 1. The topological polar surface area (TPSA) is 73.6 Å². The van der Waals surface area contributed by atoms with Gasteiger partial charge in [0.1, 0.15) is 6.54 Å². The quantitative estimate of drug-likeness (QED) is 0.799. The average molecular weight is 234 g/mol. The first kappa shape index (κ1) is 12.8. The molecular weight excluding hydrogens is 220 g/mol. The molecule has 0 saturated heterocycles. The number of carbonyl (C=O) groups is 1. The molecule has 1 aromatic rings. The van der Waals surface area contributed by atoms with Crippen LogP contribution in [0.2, 0.25) is 0 Å². The lowest BCUT2D eigenvalue weighted by molar-refractivity contribution is 0.0783. The monoisotopic (exact) mass is 234 g/mol. The van der Waals surface area contributed by atoms with E-state index >= 15 is 0 Å². The Morgan fingerprint density at radius 1 is 1.59 bits per heavy atom. The summed E-state index contributed by atoms with van der Waals surface area (Å²) < 4.78 is 4.89. The van der Waals surface area contributed by atoms with Crippen molar-refractivity contribution in [2.45, 2.75) is 6.92 Å². The molecule has 0 fully saturated rings. The Hall–Kier alpha value is -2.22. The first-order chi connectivity index (χ1) is 8.13.